The molecule has 0 spiro atoms. The van der Waals surface area contributed by atoms with E-state index in [2.05, 4.69) is 10.6 Å². The van der Waals surface area contributed by atoms with Gasteiger partial charge >= 0.3 is 6.03 Å². The van der Waals surface area contributed by atoms with E-state index in [4.69, 9.17) is 0 Å². The van der Waals surface area contributed by atoms with E-state index >= 15 is 0 Å². The van der Waals surface area contributed by atoms with Crippen molar-refractivity contribution in [1.82, 2.24) is 5.32 Å². The molecular formula is C17H14F3N3O2. The summed E-state index contributed by atoms with van der Waals surface area (Å²) < 4.78 is 40.4. The number of halogens is 3. The Morgan fingerprint density at radius 2 is 1.84 bits per heavy atom. The molecule has 1 fully saturated rings. The van der Waals surface area contributed by atoms with Gasteiger partial charge in [-0.2, -0.15) is 0 Å². The predicted molar refractivity (Wildman–Crippen MR) is 85.7 cm³/mol. The van der Waals surface area contributed by atoms with Crippen molar-refractivity contribution in [1.29, 1.82) is 0 Å². The summed E-state index contributed by atoms with van der Waals surface area (Å²) in [6, 6.07) is 7.13. The maximum atomic E-state index is 13.8. The molecule has 0 bridgehead atoms. The van der Waals surface area contributed by atoms with Crippen LogP contribution in [-0.4, -0.2) is 24.5 Å². The molecule has 1 unspecified atom stereocenters. The molecule has 1 atom stereocenters. The molecule has 1 aliphatic rings. The molecule has 0 aliphatic carbocycles. The number of rotatable bonds is 3. The second-order valence-corrected chi connectivity index (χ2v) is 5.58. The maximum absolute atomic E-state index is 13.8. The molecule has 0 saturated carbocycles. The molecule has 2 aromatic carbocycles. The number of carbonyl (C=O) groups excluding carboxylic acids is 2. The number of nitrogens with one attached hydrogen (secondary N) is 2. The van der Waals surface area contributed by atoms with Crippen molar-refractivity contribution in [3.05, 3.63) is 59.9 Å². The lowest BCUT2D eigenvalue weighted by Crippen LogP contribution is -2.40. The molecule has 0 aromatic heterocycles. The van der Waals surface area contributed by atoms with Crippen molar-refractivity contribution in [2.45, 2.75) is 12.5 Å². The second kappa shape index (κ2) is 6.84. The summed E-state index contributed by atoms with van der Waals surface area (Å²) in [5, 5.41) is 4.69. The maximum Gasteiger partial charge on any atom is 0.319 e. The van der Waals surface area contributed by atoms with Gasteiger partial charge in [0.2, 0.25) is 5.91 Å². The summed E-state index contributed by atoms with van der Waals surface area (Å²) in [7, 11) is 0. The third-order valence-corrected chi connectivity index (χ3v) is 3.78. The van der Waals surface area contributed by atoms with Gasteiger partial charge in [-0.05, 0) is 24.3 Å². The zero-order chi connectivity index (χ0) is 18.0. The third kappa shape index (κ3) is 3.73. The van der Waals surface area contributed by atoms with Crippen LogP contribution in [0.25, 0.3) is 0 Å². The zero-order valence-electron chi connectivity index (χ0n) is 12.9. The van der Waals surface area contributed by atoms with Crippen LogP contribution in [0, 0.1) is 17.5 Å². The van der Waals surface area contributed by atoms with Gasteiger partial charge in [0, 0.05) is 19.0 Å². The molecule has 25 heavy (non-hydrogen) atoms. The van der Waals surface area contributed by atoms with Gasteiger partial charge in [0.1, 0.15) is 17.5 Å². The minimum absolute atomic E-state index is 0.0204. The highest BCUT2D eigenvalue weighted by molar-refractivity contribution is 5.97. The van der Waals surface area contributed by atoms with Gasteiger partial charge in [-0.15, -0.1) is 0 Å². The van der Waals surface area contributed by atoms with Crippen molar-refractivity contribution in [2.24, 2.45) is 0 Å². The van der Waals surface area contributed by atoms with E-state index in [1.165, 1.54) is 23.1 Å². The van der Waals surface area contributed by atoms with E-state index in [9.17, 15) is 22.8 Å². The van der Waals surface area contributed by atoms with Crippen LogP contribution in [0.5, 0.6) is 0 Å². The third-order valence-electron chi connectivity index (χ3n) is 3.78. The first-order valence-electron chi connectivity index (χ1n) is 7.51. The van der Waals surface area contributed by atoms with Gasteiger partial charge in [0.05, 0.1) is 17.4 Å². The Kier molecular flexibility index (Phi) is 4.60. The molecule has 1 heterocycles. The van der Waals surface area contributed by atoms with E-state index < -0.39 is 29.5 Å². The summed E-state index contributed by atoms with van der Waals surface area (Å²) in [6.07, 6.45) is -0.0204. The Labute approximate surface area is 141 Å². The van der Waals surface area contributed by atoms with Crippen molar-refractivity contribution < 1.29 is 22.8 Å². The fraction of sp³-hybridized carbons (Fsp3) is 0.176. The standard InChI is InChI=1S/C17H14F3N3O2/c18-10-5-6-12(19)14(7-10)22-17(25)21-11-8-16(24)23(9-11)15-4-2-1-3-13(15)20/h1-7,11H,8-9H2,(H2,21,22,25). The van der Waals surface area contributed by atoms with Gasteiger partial charge in [0.15, 0.2) is 0 Å². The summed E-state index contributed by atoms with van der Waals surface area (Å²) >= 11 is 0. The molecule has 2 N–H and O–H groups in total. The Morgan fingerprint density at radius 3 is 2.60 bits per heavy atom. The molecule has 130 valence electrons. The molecule has 3 amide bonds. The number of amides is 3. The molecular weight excluding hydrogens is 335 g/mol. The minimum Gasteiger partial charge on any atom is -0.333 e. The van der Waals surface area contributed by atoms with Crippen LogP contribution >= 0.6 is 0 Å². The lowest BCUT2D eigenvalue weighted by molar-refractivity contribution is -0.117. The van der Waals surface area contributed by atoms with E-state index in [1.807, 2.05) is 0 Å². The monoisotopic (exact) mass is 349 g/mol. The topological polar surface area (TPSA) is 61.4 Å². The highest BCUT2D eigenvalue weighted by Gasteiger charge is 2.32. The van der Waals surface area contributed by atoms with E-state index in [1.54, 1.807) is 6.07 Å². The molecule has 8 heteroatoms. The lowest BCUT2D eigenvalue weighted by atomic mass is 10.2. The molecule has 1 saturated heterocycles. The molecule has 2 aromatic rings. The second-order valence-electron chi connectivity index (χ2n) is 5.58. The predicted octanol–water partition coefficient (Wildman–Crippen LogP) is 3.03. The molecule has 3 rings (SSSR count). The van der Waals surface area contributed by atoms with Crippen molar-refractivity contribution in [2.75, 3.05) is 16.8 Å². The average molecular weight is 349 g/mol. The molecule has 5 nitrogen and oxygen atoms in total. The number of hydrogen-bond acceptors (Lipinski definition) is 2. The Bertz CT molecular complexity index is 829. The SMILES string of the molecule is O=C(Nc1cc(F)ccc1F)NC1CC(=O)N(c2ccccc2F)C1. The summed E-state index contributed by atoms with van der Waals surface area (Å²) in [6.45, 7) is 0.0822. The number of hydrogen-bond donors (Lipinski definition) is 2. The first-order chi connectivity index (χ1) is 11.9. The fourth-order valence-corrected chi connectivity index (χ4v) is 2.64. The largest absolute Gasteiger partial charge is 0.333 e. The van der Waals surface area contributed by atoms with Crippen LogP contribution in [0.3, 0.4) is 0 Å². The molecule has 0 radical (unpaired) electrons. The van der Waals surface area contributed by atoms with Crippen LogP contribution in [0.4, 0.5) is 29.3 Å². The van der Waals surface area contributed by atoms with Crippen LogP contribution in [0.2, 0.25) is 0 Å². The van der Waals surface area contributed by atoms with Crippen molar-refractivity contribution in [3.63, 3.8) is 0 Å². The first kappa shape index (κ1) is 16.8. The quantitative estimate of drug-likeness (QED) is 0.895. The van der Waals surface area contributed by atoms with E-state index in [0.29, 0.717) is 0 Å². The van der Waals surface area contributed by atoms with Crippen LogP contribution < -0.4 is 15.5 Å². The van der Waals surface area contributed by atoms with Gasteiger partial charge < -0.3 is 15.5 Å². The Hall–Kier alpha value is -3.03. The zero-order valence-corrected chi connectivity index (χ0v) is 12.9. The van der Waals surface area contributed by atoms with E-state index in [0.717, 1.165) is 18.2 Å². The highest BCUT2D eigenvalue weighted by atomic mass is 19.1. The Morgan fingerprint density at radius 1 is 1.08 bits per heavy atom. The number of urea groups is 1. The minimum atomic E-state index is -0.785. The van der Waals surface area contributed by atoms with Gasteiger partial charge in [0.25, 0.3) is 0 Å². The number of benzene rings is 2. The lowest BCUT2D eigenvalue weighted by Gasteiger charge is -2.18. The number of para-hydroxylation sites is 1. The molecule has 1 aliphatic heterocycles. The summed E-state index contributed by atoms with van der Waals surface area (Å²) in [4.78, 5) is 25.2. The summed E-state index contributed by atoms with van der Waals surface area (Å²) in [5.74, 6) is -2.36. The van der Waals surface area contributed by atoms with Crippen LogP contribution in [0.1, 0.15) is 6.42 Å². The smallest absolute Gasteiger partial charge is 0.319 e. The van der Waals surface area contributed by atoms with Gasteiger partial charge in [-0.1, -0.05) is 12.1 Å². The van der Waals surface area contributed by atoms with E-state index in [-0.39, 0.29) is 30.2 Å². The summed E-state index contributed by atoms with van der Waals surface area (Å²) in [5.41, 5.74) is -0.179. The van der Waals surface area contributed by atoms with Gasteiger partial charge in [-0.3, -0.25) is 4.79 Å². The van der Waals surface area contributed by atoms with Crippen LogP contribution in [-0.2, 0) is 4.79 Å². The van der Waals surface area contributed by atoms with Crippen LogP contribution in [0.15, 0.2) is 42.5 Å². The first-order valence-corrected chi connectivity index (χ1v) is 7.51. The van der Waals surface area contributed by atoms with Crippen molar-refractivity contribution in [3.8, 4) is 0 Å². The average Bonchev–Trinajstić information content (AvgIpc) is 2.91. The number of anilines is 2. The highest BCUT2D eigenvalue weighted by Crippen LogP contribution is 2.24. The van der Waals surface area contributed by atoms with Crippen molar-refractivity contribution >= 4 is 23.3 Å². The van der Waals surface area contributed by atoms with Gasteiger partial charge in [-0.25, -0.2) is 18.0 Å². The number of nitrogens with zero attached hydrogens (tertiary/aromatic N) is 1. The normalized spacial score (nSPS) is 16.8. The number of carbonyl (C=O) groups is 2. The Balaban J connectivity index is 1.64. The fourth-order valence-electron chi connectivity index (χ4n) is 2.64.